The number of nitrogens with zero attached hydrogens (tertiary/aromatic N) is 2. The third-order valence-corrected chi connectivity index (χ3v) is 6.07. The minimum Gasteiger partial charge on any atom is -0.368 e. The van der Waals surface area contributed by atoms with Gasteiger partial charge in [0.2, 0.25) is 0 Å². The average molecular weight is 461 g/mol. The van der Waals surface area contributed by atoms with Crippen LogP contribution < -0.4 is 10.6 Å². The van der Waals surface area contributed by atoms with Crippen molar-refractivity contribution in [3.63, 3.8) is 0 Å². The molecular formula is C21H34Cl2N4O3. The fraction of sp³-hybridized carbons (Fsp3) is 0.619. The van der Waals surface area contributed by atoms with Gasteiger partial charge in [-0.25, -0.2) is 0 Å². The Morgan fingerprint density at radius 1 is 1.20 bits per heavy atom. The number of ether oxygens (including phenoxy) is 1. The number of hydrogen-bond acceptors (Lipinski definition) is 5. The number of piperidine rings is 2. The fourth-order valence-electron chi connectivity index (χ4n) is 4.12. The van der Waals surface area contributed by atoms with E-state index in [4.69, 9.17) is 4.74 Å². The average Bonchev–Trinajstić information content (AvgIpc) is 2.73. The zero-order valence-corrected chi connectivity index (χ0v) is 19.6. The number of likely N-dealkylation sites (tertiary alicyclic amines) is 1. The highest BCUT2D eigenvalue weighted by atomic mass is 35.5. The molecular weight excluding hydrogens is 427 g/mol. The van der Waals surface area contributed by atoms with Crippen molar-refractivity contribution in [1.82, 2.24) is 15.1 Å². The van der Waals surface area contributed by atoms with E-state index in [1.165, 1.54) is 0 Å². The van der Waals surface area contributed by atoms with Gasteiger partial charge in [-0.3, -0.25) is 9.59 Å². The van der Waals surface area contributed by atoms with E-state index in [0.717, 1.165) is 39.0 Å². The van der Waals surface area contributed by atoms with E-state index in [1.54, 1.807) is 31.4 Å². The van der Waals surface area contributed by atoms with Gasteiger partial charge in [-0.15, -0.1) is 24.8 Å². The van der Waals surface area contributed by atoms with E-state index < -0.39 is 5.60 Å². The molecule has 1 aromatic rings. The van der Waals surface area contributed by atoms with Crippen molar-refractivity contribution < 1.29 is 14.3 Å². The van der Waals surface area contributed by atoms with E-state index in [0.29, 0.717) is 24.1 Å². The Bertz CT molecular complexity index is 696. The van der Waals surface area contributed by atoms with Crippen molar-refractivity contribution in [2.24, 2.45) is 0 Å². The van der Waals surface area contributed by atoms with Crippen LogP contribution in [0.15, 0.2) is 24.3 Å². The van der Waals surface area contributed by atoms with Crippen LogP contribution in [0.4, 0.5) is 5.69 Å². The molecule has 9 heteroatoms. The summed E-state index contributed by atoms with van der Waals surface area (Å²) in [6.07, 6.45) is 3.44. The van der Waals surface area contributed by atoms with Crippen LogP contribution in [0.3, 0.4) is 0 Å². The van der Waals surface area contributed by atoms with Crippen LogP contribution in [0.2, 0.25) is 0 Å². The molecule has 170 valence electrons. The Morgan fingerprint density at radius 3 is 2.40 bits per heavy atom. The first-order valence-electron chi connectivity index (χ1n) is 10.1. The van der Waals surface area contributed by atoms with Crippen molar-refractivity contribution in [2.45, 2.75) is 37.3 Å². The second-order valence-electron chi connectivity index (χ2n) is 7.95. The van der Waals surface area contributed by atoms with Crippen molar-refractivity contribution >= 4 is 42.3 Å². The van der Waals surface area contributed by atoms with Crippen LogP contribution in [-0.4, -0.2) is 80.6 Å². The normalized spacial score (nSPS) is 21.0. The fourth-order valence-corrected chi connectivity index (χ4v) is 4.12. The molecule has 1 atom stereocenters. The molecule has 1 aromatic carbocycles. The molecule has 2 aliphatic heterocycles. The van der Waals surface area contributed by atoms with Gasteiger partial charge in [-0.2, -0.15) is 0 Å². The molecule has 0 spiro atoms. The lowest BCUT2D eigenvalue weighted by molar-refractivity contribution is -0.140. The van der Waals surface area contributed by atoms with Gasteiger partial charge in [0.25, 0.3) is 11.8 Å². The van der Waals surface area contributed by atoms with Gasteiger partial charge in [-0.05, 0) is 76.6 Å². The summed E-state index contributed by atoms with van der Waals surface area (Å²) in [5, 5.41) is 6.19. The smallest absolute Gasteiger partial charge is 0.256 e. The van der Waals surface area contributed by atoms with Gasteiger partial charge in [0, 0.05) is 38.0 Å². The summed E-state index contributed by atoms with van der Waals surface area (Å²) in [5.41, 5.74) is 0.529. The maximum absolute atomic E-state index is 12.8. The minimum atomic E-state index is -0.785. The summed E-state index contributed by atoms with van der Waals surface area (Å²) >= 11 is 0. The molecule has 0 bridgehead atoms. The van der Waals surface area contributed by atoms with Gasteiger partial charge >= 0.3 is 0 Å². The van der Waals surface area contributed by atoms with Gasteiger partial charge < -0.3 is 25.2 Å². The van der Waals surface area contributed by atoms with Crippen molar-refractivity contribution in [3.05, 3.63) is 29.8 Å². The molecule has 0 aliphatic carbocycles. The number of halogens is 2. The molecule has 2 aliphatic rings. The Hall–Kier alpha value is -1.38. The highest BCUT2D eigenvalue weighted by molar-refractivity contribution is 5.98. The molecule has 0 aromatic heterocycles. The lowest BCUT2D eigenvalue weighted by Gasteiger charge is -2.36. The van der Waals surface area contributed by atoms with E-state index >= 15 is 0 Å². The lowest BCUT2D eigenvalue weighted by atomic mass is 9.91. The van der Waals surface area contributed by atoms with Gasteiger partial charge in [0.05, 0.1) is 0 Å². The number of anilines is 1. The Balaban J connectivity index is 0.00000225. The number of carbonyl (C=O) groups is 2. The highest BCUT2D eigenvalue weighted by Crippen LogP contribution is 2.25. The number of methoxy groups -OCH3 is 1. The molecule has 1 unspecified atom stereocenters. The summed E-state index contributed by atoms with van der Waals surface area (Å²) < 4.78 is 5.57. The third kappa shape index (κ3) is 6.08. The van der Waals surface area contributed by atoms with Gasteiger partial charge in [0.15, 0.2) is 0 Å². The lowest BCUT2D eigenvalue weighted by Crippen LogP contribution is -2.51. The predicted molar refractivity (Wildman–Crippen MR) is 124 cm³/mol. The molecule has 30 heavy (non-hydrogen) atoms. The van der Waals surface area contributed by atoms with Crippen molar-refractivity contribution in [3.8, 4) is 0 Å². The van der Waals surface area contributed by atoms with Crippen LogP contribution in [0.25, 0.3) is 0 Å². The summed E-state index contributed by atoms with van der Waals surface area (Å²) in [6, 6.07) is 7.38. The number of likely N-dealkylation sites (N-methyl/N-ethyl adjacent to an activating group) is 2. The first-order chi connectivity index (χ1) is 13.4. The molecule has 2 N–H and O–H groups in total. The van der Waals surface area contributed by atoms with Crippen molar-refractivity contribution in [1.29, 1.82) is 0 Å². The van der Waals surface area contributed by atoms with Crippen molar-refractivity contribution in [2.75, 3.05) is 52.7 Å². The number of carbonyl (C=O) groups excluding carboxylic acids is 2. The second-order valence-corrected chi connectivity index (χ2v) is 7.95. The standard InChI is InChI=1S/C21H32N4O3.2ClH/c1-24-14-4-5-18(15-24)25(2)19(26)16-6-8-17(9-7-16)23-20(27)21(28-3)10-12-22-13-11-21;;/h6-9,18,22H,4-5,10-15H2,1-3H3,(H,23,27);2*1H. The number of hydrogen-bond donors (Lipinski definition) is 2. The SMILES string of the molecule is COC1(C(=O)Nc2ccc(C(=O)N(C)C3CCCN(C)C3)cc2)CCNCC1.Cl.Cl. The molecule has 2 saturated heterocycles. The maximum Gasteiger partial charge on any atom is 0.256 e. The largest absolute Gasteiger partial charge is 0.368 e. The quantitative estimate of drug-likeness (QED) is 0.705. The first kappa shape index (κ1) is 26.7. The summed E-state index contributed by atoms with van der Waals surface area (Å²) in [4.78, 5) is 29.7. The zero-order chi connectivity index (χ0) is 20.1. The monoisotopic (exact) mass is 460 g/mol. The van der Waals surface area contributed by atoms with Crippen LogP contribution >= 0.6 is 24.8 Å². The topological polar surface area (TPSA) is 73.9 Å². The number of benzene rings is 1. The summed E-state index contributed by atoms with van der Waals surface area (Å²) in [7, 11) is 5.56. The molecule has 7 nitrogen and oxygen atoms in total. The zero-order valence-electron chi connectivity index (χ0n) is 18.0. The molecule has 0 radical (unpaired) electrons. The van der Waals surface area contributed by atoms with Crippen LogP contribution in [0.5, 0.6) is 0 Å². The van der Waals surface area contributed by atoms with Crippen LogP contribution in [-0.2, 0) is 9.53 Å². The maximum atomic E-state index is 12.8. The Morgan fingerprint density at radius 2 is 1.83 bits per heavy atom. The van der Waals surface area contributed by atoms with E-state index in [2.05, 4.69) is 22.6 Å². The summed E-state index contributed by atoms with van der Waals surface area (Å²) in [6.45, 7) is 3.52. The van der Waals surface area contributed by atoms with Crippen LogP contribution in [0.1, 0.15) is 36.0 Å². The molecule has 2 fully saturated rings. The molecule has 2 heterocycles. The first-order valence-corrected chi connectivity index (χ1v) is 10.1. The highest BCUT2D eigenvalue weighted by Gasteiger charge is 2.39. The molecule has 3 rings (SSSR count). The van der Waals surface area contributed by atoms with E-state index in [1.807, 2.05) is 11.9 Å². The third-order valence-electron chi connectivity index (χ3n) is 6.07. The number of rotatable bonds is 5. The number of nitrogens with one attached hydrogen (secondary N) is 2. The van der Waals surface area contributed by atoms with E-state index in [9.17, 15) is 9.59 Å². The van der Waals surface area contributed by atoms with Gasteiger partial charge in [-0.1, -0.05) is 0 Å². The summed E-state index contributed by atoms with van der Waals surface area (Å²) in [5.74, 6) is -0.108. The van der Waals surface area contributed by atoms with E-state index in [-0.39, 0.29) is 42.7 Å². The second kappa shape index (κ2) is 11.9. The molecule has 2 amide bonds. The predicted octanol–water partition coefficient (Wildman–Crippen LogP) is 2.40. The minimum absolute atomic E-state index is 0. The Kier molecular flexibility index (Phi) is 10.5. The van der Waals surface area contributed by atoms with Crippen LogP contribution in [0, 0.1) is 0 Å². The number of amides is 2. The van der Waals surface area contributed by atoms with Gasteiger partial charge in [0.1, 0.15) is 5.60 Å². The molecule has 0 saturated carbocycles. The Labute approximate surface area is 191 Å².